The third-order valence-electron chi connectivity index (χ3n) is 7.86. The molecule has 2 aliphatic carbocycles. The van der Waals surface area contributed by atoms with Crippen molar-refractivity contribution in [2.24, 2.45) is 23.7 Å². The van der Waals surface area contributed by atoms with Crippen molar-refractivity contribution in [2.75, 3.05) is 13.2 Å². The van der Waals surface area contributed by atoms with Crippen LogP contribution in [0.4, 0.5) is 26.3 Å². The van der Waals surface area contributed by atoms with Gasteiger partial charge in [-0.15, -0.1) is 0 Å². The summed E-state index contributed by atoms with van der Waals surface area (Å²) in [5.41, 5.74) is 0. The smallest absolute Gasteiger partial charge is 0.281 e. The second kappa shape index (κ2) is 12.8. The molecule has 0 amide bonds. The minimum absolute atomic E-state index is 0.118. The molecule has 1 aromatic carbocycles. The van der Waals surface area contributed by atoms with Crippen LogP contribution in [0.5, 0.6) is 11.5 Å². The largest absolute Gasteiger partial charge is 0.484 e. The zero-order valence-corrected chi connectivity index (χ0v) is 21.4. The van der Waals surface area contributed by atoms with Crippen LogP contribution in [-0.2, 0) is 0 Å². The van der Waals surface area contributed by atoms with Gasteiger partial charge in [0.1, 0.15) is 0 Å². The lowest BCUT2D eigenvalue weighted by molar-refractivity contribution is -0.0664. The van der Waals surface area contributed by atoms with Gasteiger partial charge in [0.15, 0.2) is 24.7 Å². The summed E-state index contributed by atoms with van der Waals surface area (Å²) in [4.78, 5) is 0. The molecular weight excluding hydrogens is 482 g/mol. The van der Waals surface area contributed by atoms with Crippen LogP contribution in [0.15, 0.2) is 12.1 Å². The SMILES string of the molecule is CCCC1CCC(CC(F)(F)COc2ccc(OCC(F)(F)CC3CCC(C)CC3)c(F)c2F)CC1. The molecular formula is C28H40F6O2. The molecule has 0 spiro atoms. The summed E-state index contributed by atoms with van der Waals surface area (Å²) in [6.45, 7) is 2.07. The number of rotatable bonds is 12. The van der Waals surface area contributed by atoms with Crippen molar-refractivity contribution in [2.45, 2.75) is 103 Å². The number of halogens is 6. The van der Waals surface area contributed by atoms with Crippen molar-refractivity contribution in [3.8, 4) is 11.5 Å². The number of hydrogen-bond acceptors (Lipinski definition) is 2. The summed E-state index contributed by atoms with van der Waals surface area (Å²) in [5.74, 6) is -9.88. The van der Waals surface area contributed by atoms with Gasteiger partial charge in [-0.25, -0.2) is 17.6 Å². The van der Waals surface area contributed by atoms with Gasteiger partial charge in [-0.2, -0.15) is 8.78 Å². The lowest BCUT2D eigenvalue weighted by atomic mass is 9.78. The Kier molecular flexibility index (Phi) is 10.3. The van der Waals surface area contributed by atoms with E-state index in [4.69, 9.17) is 9.47 Å². The lowest BCUT2D eigenvalue weighted by Gasteiger charge is -2.30. The first kappa shape index (κ1) is 29.0. The fourth-order valence-electron chi connectivity index (χ4n) is 5.73. The van der Waals surface area contributed by atoms with Gasteiger partial charge >= 0.3 is 0 Å². The third kappa shape index (κ3) is 8.76. The first-order chi connectivity index (χ1) is 17.0. The Morgan fingerprint density at radius 2 is 1.08 bits per heavy atom. The molecule has 2 nitrogen and oxygen atoms in total. The first-order valence-electron chi connectivity index (χ1n) is 13.5. The normalized spacial score (nSPS) is 25.6. The van der Waals surface area contributed by atoms with Crippen molar-refractivity contribution in [3.05, 3.63) is 23.8 Å². The molecule has 8 heteroatoms. The zero-order valence-electron chi connectivity index (χ0n) is 21.4. The Labute approximate surface area is 211 Å². The van der Waals surface area contributed by atoms with Gasteiger partial charge in [-0.3, -0.25) is 0 Å². The summed E-state index contributed by atoms with van der Waals surface area (Å²) in [6, 6.07) is 1.89. The molecule has 0 atom stereocenters. The standard InChI is InChI=1S/C28H40F6O2/c1-3-4-20-9-11-22(12-10-20)16-28(33,34)18-36-24-14-13-23(25(29)26(24)30)35-17-27(31,32)15-21-7-5-19(2)6-8-21/h13-14,19-22H,3-12,15-18H2,1-2H3. The van der Waals surface area contributed by atoms with Crippen LogP contribution in [0.2, 0.25) is 0 Å². The van der Waals surface area contributed by atoms with E-state index in [-0.39, 0.29) is 24.7 Å². The van der Waals surface area contributed by atoms with Crippen LogP contribution >= 0.6 is 0 Å². The highest BCUT2D eigenvalue weighted by atomic mass is 19.3. The van der Waals surface area contributed by atoms with E-state index >= 15 is 0 Å². The topological polar surface area (TPSA) is 18.5 Å². The lowest BCUT2D eigenvalue weighted by Crippen LogP contribution is -2.31. The molecule has 0 N–H and O–H groups in total. The average molecular weight is 523 g/mol. The maximum absolute atomic E-state index is 14.5. The zero-order chi connectivity index (χ0) is 26.3. The molecule has 0 bridgehead atoms. The quantitative estimate of drug-likeness (QED) is 0.255. The van der Waals surface area contributed by atoms with E-state index in [0.717, 1.165) is 76.3 Å². The number of hydrogen-bond donors (Lipinski definition) is 0. The fourth-order valence-corrected chi connectivity index (χ4v) is 5.73. The monoisotopic (exact) mass is 522 g/mol. The van der Waals surface area contributed by atoms with Gasteiger partial charge in [-0.1, -0.05) is 52.4 Å². The van der Waals surface area contributed by atoms with Crippen molar-refractivity contribution >= 4 is 0 Å². The second-order valence-electron chi connectivity index (χ2n) is 11.2. The third-order valence-corrected chi connectivity index (χ3v) is 7.86. The van der Waals surface area contributed by atoms with Gasteiger partial charge in [0.05, 0.1) is 0 Å². The molecule has 2 saturated carbocycles. The summed E-state index contributed by atoms with van der Waals surface area (Å²) < 4.78 is 96.3. The molecule has 2 aliphatic rings. The molecule has 0 aromatic heterocycles. The molecule has 0 unspecified atom stereocenters. The van der Waals surface area contributed by atoms with Crippen molar-refractivity contribution in [3.63, 3.8) is 0 Å². The molecule has 3 rings (SSSR count). The fraction of sp³-hybridized carbons (Fsp3) is 0.786. The second-order valence-corrected chi connectivity index (χ2v) is 11.2. The Balaban J connectivity index is 1.48. The Hall–Kier alpha value is -1.60. The van der Waals surface area contributed by atoms with E-state index in [1.165, 1.54) is 0 Å². The maximum atomic E-state index is 14.5. The summed E-state index contributed by atoms with van der Waals surface area (Å²) >= 11 is 0. The molecule has 36 heavy (non-hydrogen) atoms. The van der Waals surface area contributed by atoms with Crippen LogP contribution < -0.4 is 9.47 Å². The van der Waals surface area contributed by atoms with Gasteiger partial charge in [0.2, 0.25) is 11.6 Å². The summed E-state index contributed by atoms with van der Waals surface area (Å²) in [6.07, 6.45) is 8.09. The van der Waals surface area contributed by atoms with E-state index in [1.54, 1.807) is 0 Å². The Morgan fingerprint density at radius 3 is 1.50 bits per heavy atom. The van der Waals surface area contributed by atoms with Crippen LogP contribution in [0.3, 0.4) is 0 Å². The van der Waals surface area contributed by atoms with E-state index in [0.29, 0.717) is 11.8 Å². The number of ether oxygens (including phenoxy) is 2. The minimum atomic E-state index is -3.18. The van der Waals surface area contributed by atoms with Crippen LogP contribution in [-0.4, -0.2) is 25.1 Å². The Morgan fingerprint density at radius 1 is 0.694 bits per heavy atom. The summed E-state index contributed by atoms with van der Waals surface area (Å²) in [7, 11) is 0. The van der Waals surface area contributed by atoms with E-state index in [1.807, 2.05) is 0 Å². The molecule has 0 saturated heterocycles. The molecule has 206 valence electrons. The molecule has 2 fully saturated rings. The minimum Gasteiger partial charge on any atom is -0.484 e. The van der Waals surface area contributed by atoms with Gasteiger partial charge in [-0.05, 0) is 61.5 Å². The van der Waals surface area contributed by atoms with Crippen molar-refractivity contribution in [1.29, 1.82) is 0 Å². The van der Waals surface area contributed by atoms with Gasteiger partial charge < -0.3 is 9.47 Å². The average Bonchev–Trinajstić information content (AvgIpc) is 2.82. The van der Waals surface area contributed by atoms with Gasteiger partial charge in [0, 0.05) is 12.8 Å². The van der Waals surface area contributed by atoms with Crippen LogP contribution in [0.1, 0.15) is 90.9 Å². The van der Waals surface area contributed by atoms with Crippen LogP contribution in [0.25, 0.3) is 0 Å². The predicted molar refractivity (Wildman–Crippen MR) is 128 cm³/mol. The van der Waals surface area contributed by atoms with Crippen LogP contribution in [0, 0.1) is 35.3 Å². The number of alkyl halides is 4. The molecule has 0 heterocycles. The highest BCUT2D eigenvalue weighted by Crippen LogP contribution is 2.39. The van der Waals surface area contributed by atoms with Gasteiger partial charge in [0.25, 0.3) is 11.8 Å². The maximum Gasteiger partial charge on any atom is 0.281 e. The predicted octanol–water partition coefficient (Wildman–Crippen LogP) is 9.21. The molecule has 0 radical (unpaired) electrons. The highest BCUT2D eigenvalue weighted by Gasteiger charge is 2.37. The first-order valence-corrected chi connectivity index (χ1v) is 13.5. The number of benzene rings is 1. The van der Waals surface area contributed by atoms with Crippen molar-refractivity contribution < 1.29 is 35.8 Å². The summed E-state index contributed by atoms with van der Waals surface area (Å²) in [5, 5.41) is 0. The van der Waals surface area contributed by atoms with Crippen molar-refractivity contribution in [1.82, 2.24) is 0 Å². The van der Waals surface area contributed by atoms with E-state index in [9.17, 15) is 26.3 Å². The van der Waals surface area contributed by atoms with E-state index in [2.05, 4.69) is 13.8 Å². The van der Waals surface area contributed by atoms with E-state index < -0.39 is 48.2 Å². The Bertz CT molecular complexity index is 815. The molecule has 0 aliphatic heterocycles. The highest BCUT2D eigenvalue weighted by molar-refractivity contribution is 5.35. The molecule has 1 aromatic rings.